The molecule has 0 aliphatic carbocycles. The summed E-state index contributed by atoms with van der Waals surface area (Å²) in [6.07, 6.45) is 1.81. The maximum absolute atomic E-state index is 12.6. The van der Waals surface area contributed by atoms with Crippen LogP contribution in [0, 0.1) is 0 Å². The van der Waals surface area contributed by atoms with E-state index in [9.17, 15) is 14.4 Å². The van der Waals surface area contributed by atoms with E-state index in [2.05, 4.69) is 5.32 Å². The molecule has 0 bridgehead atoms. The van der Waals surface area contributed by atoms with Crippen LogP contribution in [0.15, 0.2) is 48.5 Å². The topological polar surface area (TPSA) is 86.7 Å². The van der Waals surface area contributed by atoms with E-state index in [-0.39, 0.29) is 17.4 Å². The number of carbonyl (C=O) groups excluding carboxylic acids is 2. The summed E-state index contributed by atoms with van der Waals surface area (Å²) in [7, 11) is 0. The summed E-state index contributed by atoms with van der Waals surface area (Å²) in [5.74, 6) is -1.40. The number of carboxylic acid groups (broad SMARTS) is 1. The molecule has 0 fully saturated rings. The summed E-state index contributed by atoms with van der Waals surface area (Å²) in [4.78, 5) is 37.5. The lowest BCUT2D eigenvalue weighted by Gasteiger charge is -2.21. The van der Waals surface area contributed by atoms with Gasteiger partial charge in [0.2, 0.25) is 0 Å². The van der Waals surface area contributed by atoms with E-state index in [1.807, 2.05) is 18.7 Å². The number of anilines is 1. The van der Waals surface area contributed by atoms with Crippen LogP contribution in [0.25, 0.3) is 0 Å². The van der Waals surface area contributed by atoms with Crippen LogP contribution >= 0.6 is 0 Å². The fourth-order valence-electron chi connectivity index (χ4n) is 2.70. The average molecular weight is 368 g/mol. The van der Waals surface area contributed by atoms with Gasteiger partial charge in [0.05, 0.1) is 5.56 Å². The first-order valence-corrected chi connectivity index (χ1v) is 9.00. The van der Waals surface area contributed by atoms with Gasteiger partial charge in [-0.2, -0.15) is 0 Å². The van der Waals surface area contributed by atoms with Crippen LogP contribution in [0.1, 0.15) is 57.8 Å². The van der Waals surface area contributed by atoms with E-state index in [0.717, 1.165) is 25.9 Å². The Morgan fingerprint density at radius 3 is 1.78 bits per heavy atom. The number of nitrogens with zero attached hydrogens (tertiary/aromatic N) is 1. The summed E-state index contributed by atoms with van der Waals surface area (Å²) < 4.78 is 0. The first-order valence-electron chi connectivity index (χ1n) is 9.00. The average Bonchev–Trinajstić information content (AvgIpc) is 2.68. The summed E-state index contributed by atoms with van der Waals surface area (Å²) in [6.45, 7) is 5.52. The highest BCUT2D eigenvalue weighted by Gasteiger charge is 2.14. The molecule has 0 saturated carbocycles. The Morgan fingerprint density at radius 2 is 1.30 bits per heavy atom. The highest BCUT2D eigenvalue weighted by Crippen LogP contribution is 2.14. The monoisotopic (exact) mass is 368 g/mol. The molecule has 2 amide bonds. The zero-order valence-corrected chi connectivity index (χ0v) is 15.6. The quantitative estimate of drug-likeness (QED) is 0.740. The van der Waals surface area contributed by atoms with Crippen LogP contribution in [-0.4, -0.2) is 40.9 Å². The lowest BCUT2D eigenvalue weighted by molar-refractivity contribution is 0.0695. The Kier molecular flexibility index (Phi) is 7.11. The molecular formula is C21H24N2O4. The third-order valence-corrected chi connectivity index (χ3v) is 4.06. The number of aromatic carboxylic acids is 1. The first kappa shape index (κ1) is 20.2. The van der Waals surface area contributed by atoms with Crippen LogP contribution in [0.2, 0.25) is 0 Å². The molecule has 27 heavy (non-hydrogen) atoms. The van der Waals surface area contributed by atoms with E-state index < -0.39 is 5.97 Å². The molecule has 0 spiro atoms. The number of amides is 2. The van der Waals surface area contributed by atoms with Crippen molar-refractivity contribution in [1.29, 1.82) is 0 Å². The molecule has 6 nitrogen and oxygen atoms in total. The molecule has 0 radical (unpaired) electrons. The highest BCUT2D eigenvalue weighted by molar-refractivity contribution is 6.05. The van der Waals surface area contributed by atoms with Crippen molar-refractivity contribution in [2.75, 3.05) is 18.4 Å². The van der Waals surface area contributed by atoms with Gasteiger partial charge in [-0.15, -0.1) is 0 Å². The van der Waals surface area contributed by atoms with E-state index in [1.54, 1.807) is 24.3 Å². The molecule has 0 aliphatic heterocycles. The fourth-order valence-corrected chi connectivity index (χ4v) is 2.70. The molecule has 2 aromatic rings. The highest BCUT2D eigenvalue weighted by atomic mass is 16.4. The summed E-state index contributed by atoms with van der Waals surface area (Å²) in [5, 5.41) is 11.6. The van der Waals surface area contributed by atoms with Crippen molar-refractivity contribution in [3.63, 3.8) is 0 Å². The lowest BCUT2D eigenvalue weighted by atomic mass is 10.1. The van der Waals surface area contributed by atoms with Crippen molar-refractivity contribution >= 4 is 23.5 Å². The van der Waals surface area contributed by atoms with Crippen LogP contribution in [-0.2, 0) is 0 Å². The Hall–Kier alpha value is -3.15. The minimum atomic E-state index is -1.04. The normalized spacial score (nSPS) is 10.3. The number of nitrogens with one attached hydrogen (secondary N) is 1. The van der Waals surface area contributed by atoms with Crippen molar-refractivity contribution in [3.05, 3.63) is 65.2 Å². The maximum atomic E-state index is 12.6. The standard InChI is InChI=1S/C21H24N2O4/c1-3-13-23(14-4-2)20(25)16-9-11-18(12-10-16)22-19(24)15-5-7-17(8-6-15)21(26)27/h5-12H,3-4,13-14H2,1-2H3,(H,22,24)(H,26,27). The second-order valence-corrected chi connectivity index (χ2v) is 6.21. The van der Waals surface area contributed by atoms with Crippen molar-refractivity contribution < 1.29 is 19.5 Å². The van der Waals surface area contributed by atoms with Crippen molar-refractivity contribution in [1.82, 2.24) is 4.90 Å². The number of rotatable bonds is 8. The largest absolute Gasteiger partial charge is 0.478 e. The molecule has 2 aromatic carbocycles. The smallest absolute Gasteiger partial charge is 0.335 e. The molecule has 0 aromatic heterocycles. The second-order valence-electron chi connectivity index (χ2n) is 6.21. The lowest BCUT2D eigenvalue weighted by Crippen LogP contribution is -2.32. The van der Waals surface area contributed by atoms with E-state index >= 15 is 0 Å². The number of hydrogen-bond acceptors (Lipinski definition) is 3. The molecule has 6 heteroatoms. The summed E-state index contributed by atoms with van der Waals surface area (Å²) in [6, 6.07) is 12.5. The van der Waals surface area contributed by atoms with Crippen LogP contribution < -0.4 is 5.32 Å². The third kappa shape index (κ3) is 5.41. The minimum Gasteiger partial charge on any atom is -0.478 e. The summed E-state index contributed by atoms with van der Waals surface area (Å²) in [5.41, 5.74) is 1.63. The zero-order valence-electron chi connectivity index (χ0n) is 15.6. The maximum Gasteiger partial charge on any atom is 0.335 e. The van der Waals surface area contributed by atoms with Gasteiger partial charge in [0, 0.05) is 29.9 Å². The first-order chi connectivity index (χ1) is 13.0. The number of carbonyl (C=O) groups is 3. The van der Waals surface area contributed by atoms with Gasteiger partial charge >= 0.3 is 5.97 Å². The van der Waals surface area contributed by atoms with Gasteiger partial charge in [0.1, 0.15) is 0 Å². The zero-order chi connectivity index (χ0) is 19.8. The van der Waals surface area contributed by atoms with Gasteiger partial charge in [-0.3, -0.25) is 9.59 Å². The molecular weight excluding hydrogens is 344 g/mol. The molecule has 0 aliphatic rings. The Bertz CT molecular complexity index is 792. The van der Waals surface area contributed by atoms with Gasteiger partial charge in [-0.05, 0) is 61.4 Å². The van der Waals surface area contributed by atoms with Crippen molar-refractivity contribution in [2.45, 2.75) is 26.7 Å². The molecule has 2 rings (SSSR count). The molecule has 0 atom stereocenters. The predicted molar refractivity (Wildman–Crippen MR) is 104 cm³/mol. The Balaban J connectivity index is 2.05. The van der Waals surface area contributed by atoms with E-state index in [4.69, 9.17) is 5.11 Å². The number of carboxylic acids is 1. The van der Waals surface area contributed by atoms with Gasteiger partial charge in [0.25, 0.3) is 11.8 Å². The molecule has 0 saturated heterocycles. The molecule has 2 N–H and O–H groups in total. The Morgan fingerprint density at radius 1 is 0.815 bits per heavy atom. The third-order valence-electron chi connectivity index (χ3n) is 4.06. The number of hydrogen-bond donors (Lipinski definition) is 2. The molecule has 0 heterocycles. The number of benzene rings is 2. The van der Waals surface area contributed by atoms with Gasteiger partial charge in [-0.25, -0.2) is 4.79 Å². The minimum absolute atomic E-state index is 0.0131. The Labute approximate surface area is 158 Å². The van der Waals surface area contributed by atoms with Crippen molar-refractivity contribution in [3.8, 4) is 0 Å². The van der Waals surface area contributed by atoms with Gasteiger partial charge in [-0.1, -0.05) is 13.8 Å². The van der Waals surface area contributed by atoms with Crippen LogP contribution in [0.5, 0.6) is 0 Å². The van der Waals surface area contributed by atoms with Crippen LogP contribution in [0.4, 0.5) is 5.69 Å². The van der Waals surface area contributed by atoms with E-state index in [0.29, 0.717) is 16.8 Å². The van der Waals surface area contributed by atoms with Gasteiger partial charge < -0.3 is 15.3 Å². The predicted octanol–water partition coefficient (Wildman–Crippen LogP) is 3.90. The SMILES string of the molecule is CCCN(CCC)C(=O)c1ccc(NC(=O)c2ccc(C(=O)O)cc2)cc1. The van der Waals surface area contributed by atoms with E-state index in [1.165, 1.54) is 24.3 Å². The van der Waals surface area contributed by atoms with Crippen LogP contribution in [0.3, 0.4) is 0 Å². The van der Waals surface area contributed by atoms with Crippen molar-refractivity contribution in [2.24, 2.45) is 0 Å². The second kappa shape index (κ2) is 9.52. The van der Waals surface area contributed by atoms with Gasteiger partial charge in [0.15, 0.2) is 0 Å². The summed E-state index contributed by atoms with van der Waals surface area (Å²) >= 11 is 0. The molecule has 0 unspecified atom stereocenters. The fraction of sp³-hybridized carbons (Fsp3) is 0.286. The molecule has 142 valence electrons.